The molecule has 1 amide bonds. The molecule has 0 saturated carbocycles. The molecule has 0 radical (unpaired) electrons. The third kappa shape index (κ3) is 7.50. The summed E-state index contributed by atoms with van der Waals surface area (Å²) in [6.45, 7) is 3.52. The van der Waals surface area contributed by atoms with Gasteiger partial charge in [0.1, 0.15) is 0 Å². The van der Waals surface area contributed by atoms with E-state index in [4.69, 9.17) is 5.73 Å². The highest BCUT2D eigenvalue weighted by Gasteiger charge is 2.14. The third-order valence-electron chi connectivity index (χ3n) is 3.34. The maximum atomic E-state index is 12.0. The molecule has 2 unspecified atom stereocenters. The molecule has 0 bridgehead atoms. The van der Waals surface area contributed by atoms with Crippen molar-refractivity contribution in [3.8, 4) is 0 Å². The molecule has 0 fully saturated rings. The molecule has 0 aliphatic heterocycles. The van der Waals surface area contributed by atoms with Gasteiger partial charge in [-0.2, -0.15) is 0 Å². The van der Waals surface area contributed by atoms with E-state index in [0.29, 0.717) is 18.9 Å². The minimum absolute atomic E-state index is 0. The number of nitrogens with two attached hydrogens (primary N) is 1. The molecule has 2 rings (SSSR count). The van der Waals surface area contributed by atoms with Crippen molar-refractivity contribution in [1.29, 1.82) is 0 Å². The summed E-state index contributed by atoms with van der Waals surface area (Å²) in [5.41, 5.74) is 7.02. The number of hydrogen-bond acceptors (Lipinski definition) is 3. The summed E-state index contributed by atoms with van der Waals surface area (Å²) in [6, 6.07) is 9.31. The molecule has 0 aliphatic carbocycles. The van der Waals surface area contributed by atoms with Crippen molar-refractivity contribution >= 4 is 30.7 Å². The van der Waals surface area contributed by atoms with Crippen LogP contribution in [0.2, 0.25) is 0 Å². The summed E-state index contributed by atoms with van der Waals surface area (Å²) >= 11 is 0. The van der Waals surface area contributed by atoms with Gasteiger partial charge in [0.2, 0.25) is 5.91 Å². The molecule has 0 aliphatic rings. The second-order valence-electron chi connectivity index (χ2n) is 5.41. The summed E-state index contributed by atoms with van der Waals surface area (Å²) in [6.07, 6.45) is 6.00. The number of halogens is 2. The molecule has 2 aromatic rings. The van der Waals surface area contributed by atoms with Gasteiger partial charge >= 0.3 is 0 Å². The van der Waals surface area contributed by atoms with Gasteiger partial charge in [-0.1, -0.05) is 37.3 Å². The van der Waals surface area contributed by atoms with E-state index in [-0.39, 0.29) is 30.7 Å². The molecular formula is C16H24Cl2N4O. The van der Waals surface area contributed by atoms with Crippen LogP contribution in [0.15, 0.2) is 49.1 Å². The standard InChI is InChI=1S/C16H22N4O.2ClH/c1-13(11-20-8-7-18-12-20)10-19-16(21)15(17)9-14-5-3-2-4-6-14;;/h2-8,12-13,15H,9-11,17H2,1H3,(H,19,21);2*1H. The predicted molar refractivity (Wildman–Crippen MR) is 97.0 cm³/mol. The van der Waals surface area contributed by atoms with Gasteiger partial charge in [-0.05, 0) is 17.9 Å². The van der Waals surface area contributed by atoms with Crippen LogP contribution in [-0.2, 0) is 17.8 Å². The topological polar surface area (TPSA) is 72.9 Å². The van der Waals surface area contributed by atoms with Crippen LogP contribution < -0.4 is 11.1 Å². The average molecular weight is 359 g/mol. The summed E-state index contributed by atoms with van der Waals surface area (Å²) < 4.78 is 2.00. The van der Waals surface area contributed by atoms with Crippen LogP contribution in [0.3, 0.4) is 0 Å². The van der Waals surface area contributed by atoms with Crippen LogP contribution in [0.5, 0.6) is 0 Å². The Balaban J connectivity index is 0.00000242. The number of hydrogen-bond donors (Lipinski definition) is 2. The van der Waals surface area contributed by atoms with Gasteiger partial charge in [-0.3, -0.25) is 4.79 Å². The lowest BCUT2D eigenvalue weighted by Gasteiger charge is -2.16. The van der Waals surface area contributed by atoms with Gasteiger partial charge in [0, 0.05) is 25.5 Å². The number of benzene rings is 1. The van der Waals surface area contributed by atoms with Crippen molar-refractivity contribution in [1.82, 2.24) is 14.9 Å². The number of rotatable bonds is 7. The Bertz CT molecular complexity index is 548. The molecule has 7 heteroatoms. The van der Waals surface area contributed by atoms with E-state index in [9.17, 15) is 4.79 Å². The Labute approximate surface area is 149 Å². The van der Waals surface area contributed by atoms with Crippen molar-refractivity contribution < 1.29 is 4.79 Å². The highest BCUT2D eigenvalue weighted by atomic mass is 35.5. The Morgan fingerprint density at radius 3 is 2.61 bits per heavy atom. The molecule has 5 nitrogen and oxygen atoms in total. The molecule has 3 N–H and O–H groups in total. The maximum Gasteiger partial charge on any atom is 0.237 e. The van der Waals surface area contributed by atoms with E-state index in [1.807, 2.05) is 41.1 Å². The first-order valence-electron chi connectivity index (χ1n) is 7.18. The van der Waals surface area contributed by atoms with E-state index in [0.717, 1.165) is 12.1 Å². The number of amides is 1. The van der Waals surface area contributed by atoms with Crippen molar-refractivity contribution in [2.24, 2.45) is 11.7 Å². The normalized spacial score (nSPS) is 12.4. The summed E-state index contributed by atoms with van der Waals surface area (Å²) in [5.74, 6) is 0.225. The Kier molecular flexibility index (Phi) is 10.3. The second kappa shape index (κ2) is 11.0. The Morgan fingerprint density at radius 2 is 2.00 bits per heavy atom. The fraction of sp³-hybridized carbons (Fsp3) is 0.375. The molecule has 1 aromatic carbocycles. The summed E-state index contributed by atoms with van der Waals surface area (Å²) in [7, 11) is 0. The molecule has 2 atom stereocenters. The first-order chi connectivity index (χ1) is 10.1. The van der Waals surface area contributed by atoms with Crippen LogP contribution in [0, 0.1) is 5.92 Å². The largest absolute Gasteiger partial charge is 0.354 e. The van der Waals surface area contributed by atoms with Crippen LogP contribution in [0.25, 0.3) is 0 Å². The van der Waals surface area contributed by atoms with Crippen LogP contribution >= 0.6 is 24.8 Å². The predicted octanol–water partition coefficient (Wildman–Crippen LogP) is 2.05. The second-order valence-corrected chi connectivity index (χ2v) is 5.41. The lowest BCUT2D eigenvalue weighted by Crippen LogP contribution is -2.43. The first kappa shape index (κ1) is 21.4. The Morgan fingerprint density at radius 1 is 1.30 bits per heavy atom. The van der Waals surface area contributed by atoms with Gasteiger partial charge in [-0.15, -0.1) is 24.8 Å². The number of imidazole rings is 1. The van der Waals surface area contributed by atoms with E-state index >= 15 is 0 Å². The lowest BCUT2D eigenvalue weighted by atomic mass is 10.1. The SMILES string of the molecule is CC(CNC(=O)C(N)Cc1ccccc1)Cn1ccnc1.Cl.Cl. The highest BCUT2D eigenvalue weighted by Crippen LogP contribution is 2.03. The molecule has 23 heavy (non-hydrogen) atoms. The summed E-state index contributed by atoms with van der Waals surface area (Å²) in [5, 5.41) is 2.92. The molecular weight excluding hydrogens is 335 g/mol. The van der Waals surface area contributed by atoms with Crippen LogP contribution in [-0.4, -0.2) is 28.0 Å². The summed E-state index contributed by atoms with van der Waals surface area (Å²) in [4.78, 5) is 16.0. The zero-order valence-electron chi connectivity index (χ0n) is 13.1. The zero-order chi connectivity index (χ0) is 15.1. The van der Waals surface area contributed by atoms with E-state index < -0.39 is 6.04 Å². The van der Waals surface area contributed by atoms with Crippen LogP contribution in [0.1, 0.15) is 12.5 Å². The molecule has 0 spiro atoms. The number of carbonyl (C=O) groups is 1. The number of carbonyl (C=O) groups excluding carboxylic acids is 1. The van der Waals surface area contributed by atoms with Gasteiger partial charge in [0.05, 0.1) is 12.4 Å². The van der Waals surface area contributed by atoms with Crippen molar-refractivity contribution in [2.75, 3.05) is 6.54 Å². The fourth-order valence-electron chi connectivity index (χ4n) is 2.19. The average Bonchev–Trinajstić information content (AvgIpc) is 2.98. The van der Waals surface area contributed by atoms with E-state index in [1.165, 1.54) is 0 Å². The number of nitrogens with one attached hydrogen (secondary N) is 1. The Hall–Kier alpha value is -1.56. The zero-order valence-corrected chi connectivity index (χ0v) is 14.7. The number of nitrogens with zero attached hydrogens (tertiary/aromatic N) is 2. The van der Waals surface area contributed by atoms with Crippen molar-refractivity contribution in [3.05, 3.63) is 54.6 Å². The molecule has 1 aromatic heterocycles. The minimum atomic E-state index is -0.507. The smallest absolute Gasteiger partial charge is 0.237 e. The molecule has 1 heterocycles. The molecule has 128 valence electrons. The van der Waals surface area contributed by atoms with Crippen molar-refractivity contribution in [3.63, 3.8) is 0 Å². The van der Waals surface area contributed by atoms with Gasteiger partial charge in [0.15, 0.2) is 0 Å². The lowest BCUT2D eigenvalue weighted by molar-refractivity contribution is -0.122. The maximum absolute atomic E-state index is 12.0. The van der Waals surface area contributed by atoms with Gasteiger partial charge in [-0.25, -0.2) is 4.98 Å². The number of aromatic nitrogens is 2. The quantitative estimate of drug-likeness (QED) is 0.795. The third-order valence-corrected chi connectivity index (χ3v) is 3.34. The van der Waals surface area contributed by atoms with E-state index in [2.05, 4.69) is 17.2 Å². The van der Waals surface area contributed by atoms with Crippen LogP contribution in [0.4, 0.5) is 0 Å². The molecule has 0 saturated heterocycles. The van der Waals surface area contributed by atoms with E-state index in [1.54, 1.807) is 12.5 Å². The van der Waals surface area contributed by atoms with Gasteiger partial charge in [0.25, 0.3) is 0 Å². The van der Waals surface area contributed by atoms with Gasteiger partial charge < -0.3 is 15.6 Å². The monoisotopic (exact) mass is 358 g/mol. The van der Waals surface area contributed by atoms with Crippen molar-refractivity contribution in [2.45, 2.75) is 25.9 Å². The highest BCUT2D eigenvalue weighted by molar-refractivity contribution is 5.85. The fourth-order valence-corrected chi connectivity index (χ4v) is 2.19. The first-order valence-corrected chi connectivity index (χ1v) is 7.18. The minimum Gasteiger partial charge on any atom is -0.354 e.